The summed E-state index contributed by atoms with van der Waals surface area (Å²) in [6.45, 7) is 9.00. The van der Waals surface area contributed by atoms with Crippen LogP contribution in [0.5, 0.6) is 0 Å². The maximum absolute atomic E-state index is 4.27. The van der Waals surface area contributed by atoms with Gasteiger partial charge in [-0.25, -0.2) is 0 Å². The van der Waals surface area contributed by atoms with Gasteiger partial charge in [0, 0.05) is 16.8 Å². The Morgan fingerprint density at radius 1 is 0.385 bits per heavy atom. The third kappa shape index (κ3) is 6.54. The van der Waals surface area contributed by atoms with Gasteiger partial charge in [0.05, 0.1) is 11.1 Å². The number of hydrogen-bond donors (Lipinski definition) is 0. The number of rotatable bonds is 9. The van der Waals surface area contributed by atoms with Crippen LogP contribution in [-0.2, 0) is 10.8 Å². The predicted molar refractivity (Wildman–Crippen MR) is 274 cm³/mol. The van der Waals surface area contributed by atoms with Gasteiger partial charge in [0.1, 0.15) is 0 Å². The zero-order valence-corrected chi connectivity index (χ0v) is 36.8. The van der Waals surface area contributed by atoms with Crippen LogP contribution in [0.3, 0.4) is 0 Å². The molecule has 0 bridgehead atoms. The van der Waals surface area contributed by atoms with E-state index in [9.17, 15) is 0 Å². The Bertz CT molecular complexity index is 3230. The van der Waals surface area contributed by atoms with Gasteiger partial charge in [-0.05, 0) is 114 Å². The lowest BCUT2D eigenvalue weighted by atomic mass is 9.63. The Hall–Kier alpha value is -8.00. The quantitative estimate of drug-likeness (QED) is 0.131. The zero-order chi connectivity index (χ0) is 44.0. The third-order valence-corrected chi connectivity index (χ3v) is 13.8. The summed E-state index contributed by atoms with van der Waals surface area (Å²) in [5.41, 5.74) is 20.7. The second-order valence-corrected chi connectivity index (χ2v) is 17.6. The molecular formula is C64H49N. The molecule has 2 aliphatic carbocycles. The normalized spacial score (nSPS) is 14.2. The van der Waals surface area contributed by atoms with E-state index in [1.807, 2.05) is 6.08 Å². The van der Waals surface area contributed by atoms with Crippen LogP contribution in [-0.4, -0.2) is 0 Å². The number of anilines is 2. The van der Waals surface area contributed by atoms with Crippen LogP contribution in [0, 0.1) is 0 Å². The molecule has 11 rings (SSSR count). The van der Waals surface area contributed by atoms with Gasteiger partial charge in [-0.2, -0.15) is 0 Å². The summed E-state index contributed by atoms with van der Waals surface area (Å²) in [6.07, 6.45) is 6.45. The van der Waals surface area contributed by atoms with Gasteiger partial charge < -0.3 is 4.90 Å². The number of nitrogens with zero attached hydrogens (tertiary/aromatic N) is 1. The number of benzene rings is 9. The lowest BCUT2D eigenvalue weighted by Crippen LogP contribution is -2.32. The smallest absolute Gasteiger partial charge is 0.0714 e. The van der Waals surface area contributed by atoms with E-state index in [0.29, 0.717) is 0 Å². The van der Waals surface area contributed by atoms with Crippen molar-refractivity contribution in [3.8, 4) is 33.4 Å². The van der Waals surface area contributed by atoms with Gasteiger partial charge in [0.2, 0.25) is 0 Å². The molecule has 0 N–H and O–H groups in total. The van der Waals surface area contributed by atoms with Crippen LogP contribution in [0.25, 0.3) is 44.7 Å². The molecule has 310 valence electrons. The van der Waals surface area contributed by atoms with E-state index in [4.69, 9.17) is 0 Å². The Morgan fingerprint density at radius 2 is 0.846 bits per heavy atom. The maximum Gasteiger partial charge on any atom is 0.0714 e. The molecule has 0 saturated heterocycles. The summed E-state index contributed by atoms with van der Waals surface area (Å²) in [7, 11) is 0. The first-order valence-corrected chi connectivity index (χ1v) is 22.6. The van der Waals surface area contributed by atoms with Crippen LogP contribution in [0.4, 0.5) is 11.4 Å². The Morgan fingerprint density at radius 3 is 1.45 bits per heavy atom. The number of allylic oxidation sites excluding steroid dienone is 4. The van der Waals surface area contributed by atoms with Gasteiger partial charge in [0.25, 0.3) is 0 Å². The van der Waals surface area contributed by atoms with E-state index in [2.05, 4.69) is 268 Å². The van der Waals surface area contributed by atoms with Gasteiger partial charge >= 0.3 is 0 Å². The van der Waals surface area contributed by atoms with Crippen LogP contribution >= 0.6 is 0 Å². The highest BCUT2D eigenvalue weighted by Crippen LogP contribution is 2.56. The van der Waals surface area contributed by atoms with Crippen molar-refractivity contribution in [3.05, 3.63) is 300 Å². The fourth-order valence-electron chi connectivity index (χ4n) is 10.8. The average molecular weight is 832 g/mol. The first kappa shape index (κ1) is 39.8. The minimum atomic E-state index is -0.684. The minimum absolute atomic E-state index is 0.185. The summed E-state index contributed by atoms with van der Waals surface area (Å²) in [4.78, 5) is 2.47. The van der Waals surface area contributed by atoms with Crippen molar-refractivity contribution in [1.29, 1.82) is 0 Å². The second-order valence-electron chi connectivity index (χ2n) is 17.6. The zero-order valence-electron chi connectivity index (χ0n) is 36.8. The van der Waals surface area contributed by atoms with E-state index in [0.717, 1.165) is 33.8 Å². The molecular weight excluding hydrogens is 783 g/mol. The van der Waals surface area contributed by atoms with Crippen molar-refractivity contribution in [2.45, 2.75) is 24.7 Å². The molecule has 0 radical (unpaired) electrons. The molecule has 0 amide bonds. The van der Waals surface area contributed by atoms with Crippen LogP contribution in [0.15, 0.2) is 255 Å². The first-order valence-electron chi connectivity index (χ1n) is 22.6. The predicted octanol–water partition coefficient (Wildman–Crippen LogP) is 16.5. The molecule has 0 saturated carbocycles. The van der Waals surface area contributed by atoms with E-state index < -0.39 is 5.41 Å². The largest absolute Gasteiger partial charge is 0.310 e. The van der Waals surface area contributed by atoms with Crippen molar-refractivity contribution < 1.29 is 0 Å². The monoisotopic (exact) mass is 831 g/mol. The molecule has 0 aliphatic heterocycles. The van der Waals surface area contributed by atoms with Crippen molar-refractivity contribution in [2.24, 2.45) is 0 Å². The SMILES string of the molecule is C=C/C(=C\C=C(/c1ccccc1)N(c1cccc(C2(c3ccccc3)c3ccccc3-c3ccccc3-c3ccccc32)c1)c1ccc2c(c1)C(C)(C)c1ccccc1-2)c1ccccc1. The summed E-state index contributed by atoms with van der Waals surface area (Å²) in [5.74, 6) is 0. The summed E-state index contributed by atoms with van der Waals surface area (Å²) in [5, 5.41) is 0. The second kappa shape index (κ2) is 16.3. The average Bonchev–Trinajstić information content (AvgIpc) is 3.53. The first-order chi connectivity index (χ1) is 32.0. The number of hydrogen-bond acceptors (Lipinski definition) is 1. The van der Waals surface area contributed by atoms with Crippen molar-refractivity contribution in [3.63, 3.8) is 0 Å². The molecule has 9 aromatic rings. The summed E-state index contributed by atoms with van der Waals surface area (Å²) < 4.78 is 0. The van der Waals surface area contributed by atoms with Crippen molar-refractivity contribution in [1.82, 2.24) is 0 Å². The van der Waals surface area contributed by atoms with Gasteiger partial charge in [-0.15, -0.1) is 0 Å². The molecule has 1 heteroatoms. The van der Waals surface area contributed by atoms with Crippen molar-refractivity contribution >= 4 is 22.6 Å². The summed E-state index contributed by atoms with van der Waals surface area (Å²) in [6, 6.07) is 84.8. The third-order valence-electron chi connectivity index (χ3n) is 13.8. The molecule has 0 aromatic heterocycles. The molecule has 0 unspecified atom stereocenters. The standard InChI is InChI=1S/C64H49N/c1-4-45(46-23-8-5-9-24-46)39-42-62(47-25-10-6-11-26-47)65(51-40-41-57-56-35-16-19-36-58(56)63(2,3)61(57)44-51)50-30-22-29-49(43-50)64(48-27-12-7-13-28-48)59-37-20-17-33-54(59)52-31-14-15-32-53(52)55-34-18-21-38-60(55)64/h4-44H,1H2,2-3H3/b45-39+,62-42+. The lowest BCUT2D eigenvalue weighted by Gasteiger charge is -2.39. The highest BCUT2D eigenvalue weighted by Gasteiger charge is 2.44. The van der Waals surface area contributed by atoms with Gasteiger partial charge in [-0.3, -0.25) is 0 Å². The van der Waals surface area contributed by atoms with Crippen LogP contribution < -0.4 is 4.90 Å². The molecule has 0 atom stereocenters. The summed E-state index contributed by atoms with van der Waals surface area (Å²) >= 11 is 0. The minimum Gasteiger partial charge on any atom is -0.310 e. The van der Waals surface area contributed by atoms with Gasteiger partial charge in [-0.1, -0.05) is 239 Å². The molecule has 65 heavy (non-hydrogen) atoms. The van der Waals surface area contributed by atoms with E-state index >= 15 is 0 Å². The maximum atomic E-state index is 4.27. The van der Waals surface area contributed by atoms with Crippen LogP contribution in [0.2, 0.25) is 0 Å². The molecule has 0 fully saturated rings. The molecule has 9 aromatic carbocycles. The van der Waals surface area contributed by atoms with Crippen molar-refractivity contribution in [2.75, 3.05) is 4.90 Å². The highest BCUT2D eigenvalue weighted by molar-refractivity contribution is 5.95. The topological polar surface area (TPSA) is 3.24 Å². The highest BCUT2D eigenvalue weighted by atomic mass is 15.1. The van der Waals surface area contributed by atoms with Crippen LogP contribution in [0.1, 0.15) is 58.4 Å². The Balaban J connectivity index is 1.22. The fraction of sp³-hybridized carbons (Fsp3) is 0.0625. The molecule has 0 spiro atoms. The molecule has 1 nitrogen and oxygen atoms in total. The molecule has 0 heterocycles. The lowest BCUT2D eigenvalue weighted by molar-refractivity contribution is 0.660. The molecule has 2 aliphatic rings. The van der Waals surface area contributed by atoms with E-state index in [1.165, 1.54) is 66.8 Å². The van der Waals surface area contributed by atoms with Gasteiger partial charge in [0.15, 0.2) is 0 Å². The van der Waals surface area contributed by atoms with E-state index in [1.54, 1.807) is 0 Å². The Labute approximate surface area is 383 Å². The number of fused-ring (bicyclic) bond motifs is 8. The van der Waals surface area contributed by atoms with E-state index in [-0.39, 0.29) is 5.41 Å². The fourth-order valence-corrected chi connectivity index (χ4v) is 10.8. The Kier molecular flexibility index (Phi) is 9.97.